The molecule has 0 nitrogen and oxygen atoms in total. The second-order valence-electron chi connectivity index (χ2n) is 2.52. The Morgan fingerprint density at radius 2 is 1.91 bits per heavy atom. The predicted molar refractivity (Wildman–Crippen MR) is 35.9 cm³/mol. The Balaban J connectivity index is 0. The van der Waals surface area contributed by atoms with Gasteiger partial charge in [0.05, 0.1) is 0 Å². The Labute approximate surface area is 92.7 Å². The van der Waals surface area contributed by atoms with E-state index in [1.165, 1.54) is 16.7 Å². The molecule has 0 aliphatic heterocycles. The van der Waals surface area contributed by atoms with Crippen molar-refractivity contribution in [2.75, 3.05) is 0 Å². The summed E-state index contributed by atoms with van der Waals surface area (Å²) >= 11 is 2.22. The molecule has 0 unspecified atom stereocenters. The smallest absolute Gasteiger partial charge is 1.00 e. The zero-order valence-electron chi connectivity index (χ0n) is 6.75. The summed E-state index contributed by atoms with van der Waals surface area (Å²) in [6.45, 7) is 4.44. The Morgan fingerprint density at radius 3 is 2.09 bits per heavy atom. The van der Waals surface area contributed by atoms with Gasteiger partial charge in [-0.1, -0.05) is 0 Å². The van der Waals surface area contributed by atoms with Crippen LogP contribution >= 0.6 is 0 Å². The zero-order chi connectivity index (χ0) is 6.85. The van der Waals surface area contributed by atoms with Crippen LogP contribution in [0.25, 0.3) is 0 Å². The average Bonchev–Trinajstić information content (AvgIpc) is 2.15. The molecule has 1 aliphatic carbocycles. The van der Waals surface area contributed by atoms with Gasteiger partial charge in [-0.2, -0.15) is 0 Å². The second kappa shape index (κ2) is 6.31. The predicted octanol–water partition coefficient (Wildman–Crippen LogP) is -3.37. The minimum absolute atomic E-state index is 0. The van der Waals surface area contributed by atoms with Crippen LogP contribution in [0.4, 0.5) is 0 Å². The number of hydrogen-bond acceptors (Lipinski definition) is 0. The van der Waals surface area contributed by atoms with Crippen molar-refractivity contribution in [3.8, 4) is 0 Å². The van der Waals surface area contributed by atoms with Crippen molar-refractivity contribution in [2.24, 2.45) is 0 Å². The van der Waals surface area contributed by atoms with Crippen LogP contribution in [0.3, 0.4) is 0 Å². The number of rotatable bonds is 1. The van der Waals surface area contributed by atoms with E-state index in [4.69, 9.17) is 0 Å². The van der Waals surface area contributed by atoms with Crippen LogP contribution in [0.15, 0.2) is 22.8 Å². The number of halogens is 2. The molecule has 0 aromatic heterocycles. The molecule has 0 fully saturated rings. The molecule has 0 saturated carbocycles. The molecule has 0 amide bonds. The van der Waals surface area contributed by atoms with E-state index in [9.17, 15) is 0 Å². The van der Waals surface area contributed by atoms with Crippen LogP contribution in [0.1, 0.15) is 20.3 Å². The molecule has 0 N–H and O–H groups in total. The molecule has 0 heterocycles. The van der Waals surface area contributed by atoms with Gasteiger partial charge in [0.15, 0.2) is 0 Å². The summed E-state index contributed by atoms with van der Waals surface area (Å²) < 4.78 is 1.20. The quantitative estimate of drug-likeness (QED) is 0.409. The van der Waals surface area contributed by atoms with Crippen LogP contribution in [-0.4, -0.2) is 0 Å². The Morgan fingerprint density at radius 1 is 1.36 bits per heavy atom. The maximum absolute atomic E-state index is 2.34. The largest absolute Gasteiger partial charge is 1.00 e. The SMILES string of the molecule is CC1=C(C)C([CH2][Ti+2])=CC1.[Cl-].[Cl-]. The van der Waals surface area contributed by atoms with E-state index >= 15 is 0 Å². The standard InChI is InChI=1S/C8H11.2ClH.Ti/c1-6-4-5-7(2)8(6)3;;;/h4H,1,5H2,2-3H3;2*1H;/q;;;+2/p-2. The molecule has 0 radical (unpaired) electrons. The maximum Gasteiger partial charge on any atom is -1.00 e. The normalized spacial score (nSPS) is 15.5. The van der Waals surface area contributed by atoms with Gasteiger partial charge in [-0.25, -0.2) is 0 Å². The molecule has 0 aromatic carbocycles. The zero-order valence-corrected chi connectivity index (χ0v) is 9.82. The molecule has 0 spiro atoms. The van der Waals surface area contributed by atoms with E-state index in [0.29, 0.717) is 0 Å². The van der Waals surface area contributed by atoms with Crippen molar-refractivity contribution >= 4 is 0 Å². The molecular weight excluding hydrogens is 215 g/mol. The van der Waals surface area contributed by atoms with Gasteiger partial charge < -0.3 is 24.8 Å². The van der Waals surface area contributed by atoms with Crippen molar-refractivity contribution in [1.29, 1.82) is 0 Å². The first kappa shape index (κ1) is 14.3. The van der Waals surface area contributed by atoms with Crippen LogP contribution in [-0.2, 0) is 20.4 Å². The average molecular weight is 226 g/mol. The Bertz CT molecular complexity index is 183. The van der Waals surface area contributed by atoms with Gasteiger partial charge >= 0.3 is 68.2 Å². The van der Waals surface area contributed by atoms with Crippen molar-refractivity contribution in [2.45, 2.75) is 25.0 Å². The topological polar surface area (TPSA) is 0 Å². The fourth-order valence-electron chi connectivity index (χ4n) is 1.06. The van der Waals surface area contributed by atoms with Gasteiger partial charge in [-0.05, 0) is 0 Å². The number of allylic oxidation sites excluding steroid dienone is 4. The third-order valence-corrected chi connectivity index (χ3v) is 2.56. The first-order valence-electron chi connectivity index (χ1n) is 3.26. The molecule has 61 valence electrons. The monoisotopic (exact) mass is 225 g/mol. The fraction of sp³-hybridized carbons (Fsp3) is 0.500. The molecule has 1 aliphatic rings. The van der Waals surface area contributed by atoms with Gasteiger partial charge in [0.25, 0.3) is 0 Å². The molecule has 1 rings (SSSR count). The van der Waals surface area contributed by atoms with E-state index in [1.807, 2.05) is 0 Å². The molecule has 11 heavy (non-hydrogen) atoms. The van der Waals surface area contributed by atoms with E-state index in [1.54, 1.807) is 11.1 Å². The molecular formula is C8H11Cl2Ti. The van der Waals surface area contributed by atoms with E-state index in [2.05, 4.69) is 40.4 Å². The third-order valence-electron chi connectivity index (χ3n) is 1.97. The minimum atomic E-state index is 0. The van der Waals surface area contributed by atoms with Crippen molar-refractivity contribution in [3.05, 3.63) is 22.8 Å². The molecule has 0 saturated heterocycles. The summed E-state index contributed by atoms with van der Waals surface area (Å²) in [5.41, 5.74) is 4.62. The summed E-state index contributed by atoms with van der Waals surface area (Å²) in [6, 6.07) is 0. The van der Waals surface area contributed by atoms with Crippen LogP contribution < -0.4 is 24.8 Å². The van der Waals surface area contributed by atoms with Gasteiger partial charge in [0.1, 0.15) is 0 Å². The summed E-state index contributed by atoms with van der Waals surface area (Å²) in [5, 5.41) is 0. The van der Waals surface area contributed by atoms with E-state index in [-0.39, 0.29) is 24.8 Å². The fourth-order valence-corrected chi connectivity index (χ4v) is 1.70. The molecule has 0 bridgehead atoms. The Kier molecular flexibility index (Phi) is 8.20. The van der Waals surface area contributed by atoms with Crippen molar-refractivity contribution < 1.29 is 45.2 Å². The number of hydrogen-bond donors (Lipinski definition) is 0. The van der Waals surface area contributed by atoms with Crippen LogP contribution in [0.2, 0.25) is 4.73 Å². The van der Waals surface area contributed by atoms with Gasteiger partial charge in [-0.3, -0.25) is 0 Å². The van der Waals surface area contributed by atoms with Gasteiger partial charge in [0.2, 0.25) is 0 Å². The van der Waals surface area contributed by atoms with Crippen molar-refractivity contribution in [3.63, 3.8) is 0 Å². The summed E-state index contributed by atoms with van der Waals surface area (Å²) in [6.07, 6.45) is 3.53. The summed E-state index contributed by atoms with van der Waals surface area (Å²) in [5.74, 6) is 0. The minimum Gasteiger partial charge on any atom is -1.00 e. The second-order valence-corrected chi connectivity index (χ2v) is 3.07. The Hall–Kier alpha value is 0.774. The van der Waals surface area contributed by atoms with Crippen LogP contribution in [0.5, 0.6) is 0 Å². The van der Waals surface area contributed by atoms with E-state index < -0.39 is 0 Å². The molecule has 0 atom stereocenters. The maximum atomic E-state index is 2.34. The van der Waals surface area contributed by atoms with Crippen LogP contribution in [0, 0.1) is 0 Å². The van der Waals surface area contributed by atoms with Gasteiger partial charge in [0, 0.05) is 0 Å². The van der Waals surface area contributed by atoms with Gasteiger partial charge in [-0.15, -0.1) is 0 Å². The summed E-state index contributed by atoms with van der Waals surface area (Å²) in [7, 11) is 0. The van der Waals surface area contributed by atoms with Crippen molar-refractivity contribution in [1.82, 2.24) is 0 Å². The first-order valence-corrected chi connectivity index (χ1v) is 4.36. The third kappa shape index (κ3) is 3.33. The summed E-state index contributed by atoms with van der Waals surface area (Å²) in [4.78, 5) is 0. The molecule has 3 heteroatoms. The molecule has 0 aromatic rings. The van der Waals surface area contributed by atoms with E-state index in [0.717, 1.165) is 0 Å². The first-order chi connectivity index (χ1) is 4.25.